The largest absolute Gasteiger partial charge is 0.328 e. The first-order chi connectivity index (χ1) is 15.4. The fourth-order valence-corrected chi connectivity index (χ4v) is 5.69. The van der Waals surface area contributed by atoms with Crippen LogP contribution >= 0.6 is 11.8 Å². The van der Waals surface area contributed by atoms with Gasteiger partial charge in [-0.1, -0.05) is 49.0 Å². The molecule has 3 aromatic rings. The zero-order valence-corrected chi connectivity index (χ0v) is 19.4. The van der Waals surface area contributed by atoms with Crippen molar-refractivity contribution in [1.82, 2.24) is 0 Å². The summed E-state index contributed by atoms with van der Waals surface area (Å²) in [5, 5.41) is 2.92. The van der Waals surface area contributed by atoms with Crippen molar-refractivity contribution in [3.8, 4) is 0 Å². The Labute approximate surface area is 192 Å². The second kappa shape index (κ2) is 9.18. The molecule has 0 aromatic heterocycles. The van der Waals surface area contributed by atoms with Gasteiger partial charge in [-0.2, -0.15) is 8.42 Å². The van der Waals surface area contributed by atoms with Gasteiger partial charge in [-0.15, -0.1) is 4.40 Å². The number of hydrogen-bond donors (Lipinski definition) is 1. The molecule has 3 aromatic carbocycles. The second-order valence-corrected chi connectivity index (χ2v) is 10.0. The van der Waals surface area contributed by atoms with Gasteiger partial charge in [-0.05, 0) is 55.8 Å². The Hall–Kier alpha value is -3.10. The summed E-state index contributed by atoms with van der Waals surface area (Å²) in [6, 6.07) is 22.1. The van der Waals surface area contributed by atoms with Crippen LogP contribution in [0.3, 0.4) is 0 Å². The number of anilines is 2. The minimum atomic E-state index is -3.86. The average Bonchev–Trinajstić information content (AvgIpc) is 2.78. The predicted molar refractivity (Wildman–Crippen MR) is 129 cm³/mol. The molecule has 1 aliphatic rings. The van der Waals surface area contributed by atoms with Crippen LogP contribution in [0.4, 0.5) is 11.4 Å². The zero-order chi connectivity index (χ0) is 22.7. The highest BCUT2D eigenvalue weighted by Gasteiger charge is 2.29. The Morgan fingerprint density at radius 3 is 2.50 bits per heavy atom. The van der Waals surface area contributed by atoms with Gasteiger partial charge in [0.05, 0.1) is 11.4 Å². The number of rotatable bonds is 6. The fraction of sp³-hybridized carbons (Fsp3) is 0.167. The number of nitrogens with one attached hydrogen (secondary N) is 1. The van der Waals surface area contributed by atoms with Crippen molar-refractivity contribution >= 4 is 44.9 Å². The lowest BCUT2D eigenvalue weighted by molar-refractivity contribution is 0.102. The molecule has 0 unspecified atom stereocenters. The van der Waals surface area contributed by atoms with Gasteiger partial charge < -0.3 is 10.2 Å². The summed E-state index contributed by atoms with van der Waals surface area (Å²) in [5.74, 6) is 0.0563. The SMILES string of the molecule is CCCN1C(C)=NS(=O)(=O)c2cc(C(=O)Nc3ccccc3Sc3ccccc3)ccc21. The van der Waals surface area contributed by atoms with Gasteiger partial charge in [0.25, 0.3) is 15.9 Å². The third-order valence-electron chi connectivity index (χ3n) is 4.99. The lowest BCUT2D eigenvalue weighted by atomic mass is 10.1. The van der Waals surface area contributed by atoms with Gasteiger partial charge in [0.1, 0.15) is 10.7 Å². The Morgan fingerprint density at radius 1 is 1.03 bits per heavy atom. The van der Waals surface area contributed by atoms with E-state index < -0.39 is 10.0 Å². The zero-order valence-electron chi connectivity index (χ0n) is 17.8. The van der Waals surface area contributed by atoms with E-state index in [-0.39, 0.29) is 16.4 Å². The van der Waals surface area contributed by atoms with Crippen molar-refractivity contribution in [3.05, 3.63) is 78.4 Å². The Morgan fingerprint density at radius 2 is 1.75 bits per heavy atom. The molecule has 0 bridgehead atoms. The maximum Gasteiger partial charge on any atom is 0.286 e. The summed E-state index contributed by atoms with van der Waals surface area (Å²) in [7, 11) is -3.86. The van der Waals surface area contributed by atoms with Crippen molar-refractivity contribution in [3.63, 3.8) is 0 Å². The second-order valence-electron chi connectivity index (χ2n) is 7.31. The third-order valence-corrected chi connectivity index (χ3v) is 7.46. The lowest BCUT2D eigenvalue weighted by Crippen LogP contribution is -2.34. The highest BCUT2D eigenvalue weighted by molar-refractivity contribution is 7.99. The molecule has 1 heterocycles. The molecule has 1 amide bonds. The number of sulfonamides is 1. The maximum atomic E-state index is 13.0. The highest BCUT2D eigenvalue weighted by Crippen LogP contribution is 2.35. The summed E-state index contributed by atoms with van der Waals surface area (Å²) >= 11 is 1.54. The van der Waals surface area contributed by atoms with Crippen LogP contribution in [0, 0.1) is 0 Å². The summed E-state index contributed by atoms with van der Waals surface area (Å²) in [6.45, 7) is 4.34. The number of amidine groups is 1. The number of benzene rings is 3. The van der Waals surface area contributed by atoms with E-state index in [1.54, 1.807) is 30.8 Å². The summed E-state index contributed by atoms with van der Waals surface area (Å²) in [6.07, 6.45) is 0.838. The first-order valence-corrected chi connectivity index (χ1v) is 12.5. The molecule has 0 fully saturated rings. The molecule has 1 N–H and O–H groups in total. The molecule has 0 aliphatic carbocycles. The normalized spacial score (nSPS) is 14.4. The quantitative estimate of drug-likeness (QED) is 0.525. The standard InChI is InChI=1S/C24H23N3O3S2/c1-3-15-27-17(2)26-32(29,30)23-16-18(13-14-21(23)27)24(28)25-20-11-7-8-12-22(20)31-19-9-5-4-6-10-19/h4-14,16H,3,15H2,1-2H3,(H,25,28). The predicted octanol–water partition coefficient (Wildman–Crippen LogP) is 5.43. The van der Waals surface area contributed by atoms with Crippen LogP contribution in [-0.4, -0.2) is 26.7 Å². The topological polar surface area (TPSA) is 78.8 Å². The molecular formula is C24H23N3O3S2. The smallest absolute Gasteiger partial charge is 0.286 e. The van der Waals surface area contributed by atoms with Crippen LogP contribution in [0.1, 0.15) is 30.6 Å². The Balaban J connectivity index is 1.63. The molecule has 32 heavy (non-hydrogen) atoms. The minimum absolute atomic E-state index is 0.0520. The molecule has 1 aliphatic heterocycles. The van der Waals surface area contributed by atoms with Crippen molar-refractivity contribution in [2.24, 2.45) is 4.40 Å². The van der Waals surface area contributed by atoms with E-state index in [9.17, 15) is 13.2 Å². The van der Waals surface area contributed by atoms with Crippen molar-refractivity contribution in [2.75, 3.05) is 16.8 Å². The Kier molecular flexibility index (Phi) is 6.34. The monoisotopic (exact) mass is 465 g/mol. The molecule has 6 nitrogen and oxygen atoms in total. The van der Waals surface area contributed by atoms with Crippen LogP contribution in [0.25, 0.3) is 0 Å². The number of para-hydroxylation sites is 1. The van der Waals surface area contributed by atoms with Gasteiger partial charge in [-0.25, -0.2) is 0 Å². The average molecular weight is 466 g/mol. The van der Waals surface area contributed by atoms with Crippen LogP contribution in [-0.2, 0) is 10.0 Å². The molecule has 0 spiro atoms. The minimum Gasteiger partial charge on any atom is -0.328 e. The number of carbonyl (C=O) groups excluding carboxylic acids is 1. The van der Waals surface area contributed by atoms with Gasteiger partial charge in [0.2, 0.25) is 0 Å². The van der Waals surface area contributed by atoms with Crippen molar-refractivity contribution in [2.45, 2.75) is 35.0 Å². The maximum absolute atomic E-state index is 13.0. The third kappa shape index (κ3) is 4.56. The first kappa shape index (κ1) is 22.1. The molecule has 0 saturated carbocycles. The number of nitrogens with zero attached hydrogens (tertiary/aromatic N) is 2. The summed E-state index contributed by atoms with van der Waals surface area (Å²) in [5.41, 5.74) is 1.47. The van der Waals surface area contributed by atoms with Crippen LogP contribution < -0.4 is 10.2 Å². The van der Waals surface area contributed by atoms with Gasteiger partial charge >= 0.3 is 0 Å². The van der Waals surface area contributed by atoms with Gasteiger partial charge in [0, 0.05) is 21.9 Å². The van der Waals surface area contributed by atoms with Crippen molar-refractivity contribution < 1.29 is 13.2 Å². The molecular weight excluding hydrogens is 442 g/mol. The van der Waals surface area contributed by atoms with E-state index in [1.165, 1.54) is 6.07 Å². The summed E-state index contributed by atoms with van der Waals surface area (Å²) < 4.78 is 29.2. The van der Waals surface area contributed by atoms with Gasteiger partial charge in [0.15, 0.2) is 0 Å². The fourth-order valence-electron chi connectivity index (χ4n) is 3.51. The number of hydrogen-bond acceptors (Lipinski definition) is 5. The molecule has 164 valence electrons. The first-order valence-electron chi connectivity index (χ1n) is 10.3. The van der Waals surface area contributed by atoms with Crippen LogP contribution in [0.5, 0.6) is 0 Å². The lowest BCUT2D eigenvalue weighted by Gasteiger charge is -2.29. The van der Waals surface area contributed by atoms with Crippen molar-refractivity contribution in [1.29, 1.82) is 0 Å². The van der Waals surface area contributed by atoms with E-state index in [2.05, 4.69) is 9.71 Å². The van der Waals surface area contributed by atoms with E-state index >= 15 is 0 Å². The molecule has 4 rings (SSSR count). The summed E-state index contributed by atoms with van der Waals surface area (Å²) in [4.78, 5) is 16.9. The number of amides is 1. The van der Waals surface area contributed by atoms with Crippen LogP contribution in [0.15, 0.2) is 91.9 Å². The van der Waals surface area contributed by atoms with E-state index in [0.29, 0.717) is 23.8 Å². The van der Waals surface area contributed by atoms with E-state index in [0.717, 1.165) is 16.2 Å². The molecule has 8 heteroatoms. The molecule has 0 atom stereocenters. The highest BCUT2D eigenvalue weighted by atomic mass is 32.2. The van der Waals surface area contributed by atoms with E-state index in [1.807, 2.05) is 66.4 Å². The van der Waals surface area contributed by atoms with Gasteiger partial charge in [-0.3, -0.25) is 4.79 Å². The van der Waals surface area contributed by atoms with Crippen LogP contribution in [0.2, 0.25) is 0 Å². The Bertz CT molecular complexity index is 1290. The number of carbonyl (C=O) groups is 1. The molecule has 0 radical (unpaired) electrons. The van der Waals surface area contributed by atoms with E-state index in [4.69, 9.17) is 0 Å². The number of fused-ring (bicyclic) bond motifs is 1. The molecule has 0 saturated heterocycles.